The third-order valence-corrected chi connectivity index (χ3v) is 6.27. The van der Waals surface area contributed by atoms with Crippen LogP contribution in [0.2, 0.25) is 0 Å². The molecule has 4 nitrogen and oxygen atoms in total. The van der Waals surface area contributed by atoms with Gasteiger partial charge >= 0.3 is 0 Å². The van der Waals surface area contributed by atoms with Crippen molar-refractivity contribution in [3.05, 3.63) is 54.1 Å². The largest absolute Gasteiger partial charge is 0.333 e. The summed E-state index contributed by atoms with van der Waals surface area (Å²) in [5, 5.41) is 0. The summed E-state index contributed by atoms with van der Waals surface area (Å²) in [6, 6.07) is 11.1. The van der Waals surface area contributed by atoms with Crippen LogP contribution in [-0.2, 0) is 6.54 Å². The molecule has 26 heavy (non-hydrogen) atoms. The van der Waals surface area contributed by atoms with Gasteiger partial charge in [-0.05, 0) is 63.8 Å². The highest BCUT2D eigenvalue weighted by atomic mass is 15.2. The quantitative estimate of drug-likeness (QED) is 0.822. The molecule has 2 saturated heterocycles. The van der Waals surface area contributed by atoms with Crippen LogP contribution in [0.1, 0.15) is 48.9 Å². The number of hydrogen-bond donors (Lipinski definition) is 0. The van der Waals surface area contributed by atoms with E-state index < -0.39 is 0 Å². The van der Waals surface area contributed by atoms with Gasteiger partial charge in [-0.3, -0.25) is 0 Å². The lowest BCUT2D eigenvalue weighted by atomic mass is 9.91. The number of likely N-dealkylation sites (tertiary alicyclic amines) is 2. The molecule has 0 spiro atoms. The molecule has 1 atom stereocenters. The van der Waals surface area contributed by atoms with Crippen molar-refractivity contribution >= 4 is 0 Å². The van der Waals surface area contributed by atoms with Crippen molar-refractivity contribution in [2.45, 2.75) is 44.1 Å². The minimum absolute atomic E-state index is 0.639. The Morgan fingerprint density at radius 2 is 1.77 bits per heavy atom. The fraction of sp³-hybridized carbons (Fsp3) is 0.591. The normalized spacial score (nSPS) is 23.3. The molecule has 2 aromatic rings. The first-order valence-electron chi connectivity index (χ1n) is 10.3. The zero-order valence-corrected chi connectivity index (χ0v) is 16.1. The maximum Gasteiger partial charge on any atom is 0.111 e. The van der Waals surface area contributed by atoms with E-state index in [0.717, 1.165) is 13.1 Å². The molecule has 2 fully saturated rings. The molecule has 4 heteroatoms. The van der Waals surface area contributed by atoms with Crippen molar-refractivity contribution in [1.29, 1.82) is 0 Å². The van der Waals surface area contributed by atoms with E-state index in [1.54, 1.807) is 0 Å². The van der Waals surface area contributed by atoms with Crippen molar-refractivity contribution in [2.24, 2.45) is 0 Å². The zero-order chi connectivity index (χ0) is 17.8. The summed E-state index contributed by atoms with van der Waals surface area (Å²) in [5.41, 5.74) is 1.51. The molecular weight excluding hydrogens is 320 g/mol. The van der Waals surface area contributed by atoms with Crippen LogP contribution in [0, 0.1) is 0 Å². The van der Waals surface area contributed by atoms with Gasteiger partial charge in [0.15, 0.2) is 0 Å². The van der Waals surface area contributed by atoms with Crippen LogP contribution in [-0.4, -0.2) is 59.1 Å². The fourth-order valence-corrected chi connectivity index (χ4v) is 4.64. The predicted molar refractivity (Wildman–Crippen MR) is 107 cm³/mol. The van der Waals surface area contributed by atoms with Gasteiger partial charge in [0.05, 0.1) is 0 Å². The molecule has 2 aliphatic rings. The second-order valence-corrected chi connectivity index (χ2v) is 8.11. The second kappa shape index (κ2) is 8.36. The summed E-state index contributed by atoms with van der Waals surface area (Å²) < 4.78 is 2.42. The molecule has 4 rings (SSSR count). The van der Waals surface area contributed by atoms with Crippen molar-refractivity contribution in [1.82, 2.24) is 19.4 Å². The number of nitrogens with zero attached hydrogens (tertiary/aromatic N) is 4. The SMILES string of the molecule is CN1CCC(c2nccn2CCN2CCC[C@H](c3ccccc3)C2)CC1. The van der Waals surface area contributed by atoms with Crippen LogP contribution in [0.5, 0.6) is 0 Å². The van der Waals surface area contributed by atoms with Crippen molar-refractivity contribution in [2.75, 3.05) is 39.8 Å². The van der Waals surface area contributed by atoms with E-state index in [9.17, 15) is 0 Å². The summed E-state index contributed by atoms with van der Waals surface area (Å²) >= 11 is 0. The standard InChI is InChI=1S/C22H32N4/c1-24-13-9-20(10-14-24)22-23-11-15-26(22)17-16-25-12-5-8-21(18-25)19-6-3-2-4-7-19/h2-4,6-7,11,15,20-21H,5,8-10,12-14,16-18H2,1H3/t21-/m0/s1. The average molecular weight is 353 g/mol. The second-order valence-electron chi connectivity index (χ2n) is 8.11. The zero-order valence-electron chi connectivity index (χ0n) is 16.1. The molecule has 3 heterocycles. The highest BCUT2D eigenvalue weighted by molar-refractivity contribution is 5.20. The molecule has 0 saturated carbocycles. The summed E-state index contributed by atoms with van der Waals surface area (Å²) in [5.74, 6) is 2.65. The van der Waals surface area contributed by atoms with Crippen molar-refractivity contribution in [3.8, 4) is 0 Å². The first-order chi connectivity index (χ1) is 12.8. The van der Waals surface area contributed by atoms with Gasteiger partial charge in [-0.15, -0.1) is 0 Å². The Morgan fingerprint density at radius 3 is 2.58 bits per heavy atom. The van der Waals surface area contributed by atoms with Gasteiger partial charge in [0.25, 0.3) is 0 Å². The molecule has 0 unspecified atom stereocenters. The van der Waals surface area contributed by atoms with Gasteiger partial charge in [-0.25, -0.2) is 4.98 Å². The number of benzene rings is 1. The Balaban J connectivity index is 1.34. The highest BCUT2D eigenvalue weighted by Crippen LogP contribution is 2.28. The summed E-state index contributed by atoms with van der Waals surface area (Å²) in [6.45, 7) is 7.04. The van der Waals surface area contributed by atoms with Crippen LogP contribution in [0.25, 0.3) is 0 Å². The van der Waals surface area contributed by atoms with Gasteiger partial charge in [0.2, 0.25) is 0 Å². The lowest BCUT2D eigenvalue weighted by Gasteiger charge is -2.33. The molecular formula is C22H32N4. The smallest absolute Gasteiger partial charge is 0.111 e. The van der Waals surface area contributed by atoms with E-state index >= 15 is 0 Å². The van der Waals surface area contributed by atoms with Crippen LogP contribution < -0.4 is 0 Å². The maximum atomic E-state index is 4.72. The molecule has 2 aliphatic heterocycles. The van der Waals surface area contributed by atoms with Gasteiger partial charge in [0, 0.05) is 37.9 Å². The van der Waals surface area contributed by atoms with Gasteiger partial charge in [0.1, 0.15) is 5.82 Å². The fourth-order valence-electron chi connectivity index (χ4n) is 4.64. The lowest BCUT2D eigenvalue weighted by molar-refractivity contribution is 0.198. The highest BCUT2D eigenvalue weighted by Gasteiger charge is 2.24. The van der Waals surface area contributed by atoms with Gasteiger partial charge < -0.3 is 14.4 Å². The topological polar surface area (TPSA) is 24.3 Å². The Labute approximate surface area is 157 Å². The van der Waals surface area contributed by atoms with E-state index in [1.165, 1.54) is 63.3 Å². The number of aromatic nitrogens is 2. The number of hydrogen-bond acceptors (Lipinski definition) is 3. The maximum absolute atomic E-state index is 4.72. The molecule has 0 radical (unpaired) electrons. The monoisotopic (exact) mass is 352 g/mol. The van der Waals surface area contributed by atoms with E-state index in [2.05, 4.69) is 57.9 Å². The molecule has 0 bridgehead atoms. The average Bonchev–Trinajstić information content (AvgIpc) is 3.16. The third-order valence-electron chi connectivity index (χ3n) is 6.27. The minimum atomic E-state index is 0.639. The molecule has 0 amide bonds. The Hall–Kier alpha value is -1.65. The summed E-state index contributed by atoms with van der Waals surface area (Å²) in [6.07, 6.45) is 9.31. The summed E-state index contributed by atoms with van der Waals surface area (Å²) in [4.78, 5) is 9.80. The van der Waals surface area contributed by atoms with Crippen LogP contribution in [0.3, 0.4) is 0 Å². The minimum Gasteiger partial charge on any atom is -0.333 e. The van der Waals surface area contributed by atoms with Gasteiger partial charge in [-0.1, -0.05) is 30.3 Å². The Bertz CT molecular complexity index is 672. The molecule has 0 aliphatic carbocycles. The molecule has 0 N–H and O–H groups in total. The predicted octanol–water partition coefficient (Wildman–Crippen LogP) is 3.57. The Morgan fingerprint density at radius 1 is 0.962 bits per heavy atom. The van der Waals surface area contributed by atoms with E-state index in [0.29, 0.717) is 11.8 Å². The van der Waals surface area contributed by atoms with E-state index in [-0.39, 0.29) is 0 Å². The first kappa shape index (κ1) is 17.7. The first-order valence-corrected chi connectivity index (χ1v) is 10.3. The lowest BCUT2D eigenvalue weighted by Crippen LogP contribution is -2.37. The molecule has 1 aromatic heterocycles. The van der Waals surface area contributed by atoms with Crippen LogP contribution in [0.15, 0.2) is 42.7 Å². The summed E-state index contributed by atoms with van der Waals surface area (Å²) in [7, 11) is 2.22. The van der Waals surface area contributed by atoms with E-state index in [4.69, 9.17) is 4.98 Å². The number of piperidine rings is 2. The number of imidazole rings is 1. The molecule has 1 aromatic carbocycles. The van der Waals surface area contributed by atoms with Crippen LogP contribution in [0.4, 0.5) is 0 Å². The van der Waals surface area contributed by atoms with E-state index in [1.807, 2.05) is 6.20 Å². The van der Waals surface area contributed by atoms with Crippen molar-refractivity contribution in [3.63, 3.8) is 0 Å². The van der Waals surface area contributed by atoms with Crippen molar-refractivity contribution < 1.29 is 0 Å². The Kier molecular flexibility index (Phi) is 5.71. The molecule has 140 valence electrons. The van der Waals surface area contributed by atoms with Crippen LogP contribution >= 0.6 is 0 Å². The van der Waals surface area contributed by atoms with Gasteiger partial charge in [-0.2, -0.15) is 0 Å². The number of rotatable bonds is 5. The third kappa shape index (κ3) is 4.18.